The molecule has 0 bridgehead atoms. The number of hydrazine groups is 1. The quantitative estimate of drug-likeness (QED) is 0.584. The molecule has 1 amide bonds. The summed E-state index contributed by atoms with van der Waals surface area (Å²) >= 11 is 0. The fourth-order valence-electron chi connectivity index (χ4n) is 2.55. The van der Waals surface area contributed by atoms with E-state index in [9.17, 15) is 4.79 Å². The predicted molar refractivity (Wildman–Crippen MR) is 80.8 cm³/mol. The monoisotopic (exact) mass is 286 g/mol. The number of carbonyl (C=O) groups is 1. The lowest BCUT2D eigenvalue weighted by atomic mass is 9.89. The topological polar surface area (TPSA) is 89.3 Å². The molecular weight excluding hydrogens is 268 g/mol. The van der Waals surface area contributed by atoms with Crippen molar-refractivity contribution in [2.45, 2.75) is 25.0 Å². The Kier molecular flexibility index (Phi) is 3.72. The second-order valence-electron chi connectivity index (χ2n) is 5.22. The van der Waals surface area contributed by atoms with Gasteiger partial charge in [0.25, 0.3) is 5.91 Å². The standard InChI is InChI=1S/C15H18N4O2/c1-21-10-6-9(7-10)17-15(20)14-8-13(19-16)11-4-2-3-5-12(11)18-14/h2-5,8-10H,6-7,16H2,1H3,(H,17,20)(H,18,19). The maximum Gasteiger partial charge on any atom is 0.270 e. The van der Waals surface area contributed by atoms with Crippen molar-refractivity contribution in [3.05, 3.63) is 36.0 Å². The summed E-state index contributed by atoms with van der Waals surface area (Å²) in [5.74, 6) is 5.35. The number of fused-ring (bicyclic) bond motifs is 1. The number of benzene rings is 1. The van der Waals surface area contributed by atoms with Crippen LogP contribution in [-0.2, 0) is 4.74 Å². The summed E-state index contributed by atoms with van der Waals surface area (Å²) in [5.41, 5.74) is 4.41. The third kappa shape index (κ3) is 2.68. The number of hydrogen-bond acceptors (Lipinski definition) is 5. The molecule has 1 saturated carbocycles. The molecule has 6 nitrogen and oxygen atoms in total. The number of nitrogen functional groups attached to an aromatic ring is 1. The predicted octanol–water partition coefficient (Wildman–Crippen LogP) is 1.43. The van der Waals surface area contributed by atoms with E-state index >= 15 is 0 Å². The molecule has 0 aliphatic heterocycles. The molecule has 1 aromatic carbocycles. The molecule has 1 fully saturated rings. The van der Waals surface area contributed by atoms with Gasteiger partial charge in [0.2, 0.25) is 0 Å². The highest BCUT2D eigenvalue weighted by Crippen LogP contribution is 2.24. The van der Waals surface area contributed by atoms with Crippen LogP contribution in [0.1, 0.15) is 23.3 Å². The Bertz CT molecular complexity index is 668. The molecule has 2 aromatic rings. The first kappa shape index (κ1) is 13.8. The van der Waals surface area contributed by atoms with Crippen molar-refractivity contribution in [3.63, 3.8) is 0 Å². The van der Waals surface area contributed by atoms with Gasteiger partial charge in [0.15, 0.2) is 0 Å². The third-order valence-corrected chi connectivity index (χ3v) is 3.87. The molecule has 21 heavy (non-hydrogen) atoms. The first-order valence-electron chi connectivity index (χ1n) is 6.91. The normalized spacial score (nSPS) is 20.9. The van der Waals surface area contributed by atoms with Crippen molar-refractivity contribution in [1.82, 2.24) is 10.3 Å². The zero-order valence-electron chi connectivity index (χ0n) is 11.8. The fraction of sp³-hybridized carbons (Fsp3) is 0.333. The van der Waals surface area contributed by atoms with E-state index in [4.69, 9.17) is 10.6 Å². The summed E-state index contributed by atoms with van der Waals surface area (Å²) in [6, 6.07) is 9.39. The number of aromatic nitrogens is 1. The first-order chi connectivity index (χ1) is 10.2. The van der Waals surface area contributed by atoms with Crippen molar-refractivity contribution < 1.29 is 9.53 Å². The minimum absolute atomic E-state index is 0.157. The van der Waals surface area contributed by atoms with Gasteiger partial charge in [0.1, 0.15) is 5.69 Å². The second kappa shape index (κ2) is 5.67. The zero-order valence-corrected chi connectivity index (χ0v) is 11.8. The molecular formula is C15H18N4O2. The summed E-state index contributed by atoms with van der Waals surface area (Å²) in [6.45, 7) is 0. The SMILES string of the molecule is COC1CC(NC(=O)c2cc(NN)c3ccccc3n2)C1. The van der Waals surface area contributed by atoms with Gasteiger partial charge in [-0.2, -0.15) is 0 Å². The minimum Gasteiger partial charge on any atom is -0.381 e. The Balaban J connectivity index is 1.81. The second-order valence-corrected chi connectivity index (χ2v) is 5.22. The van der Waals surface area contributed by atoms with Crippen LogP contribution in [0.2, 0.25) is 0 Å². The van der Waals surface area contributed by atoms with Crippen LogP contribution in [0.5, 0.6) is 0 Å². The van der Waals surface area contributed by atoms with Crippen molar-refractivity contribution in [3.8, 4) is 0 Å². The smallest absolute Gasteiger partial charge is 0.270 e. The van der Waals surface area contributed by atoms with Crippen LogP contribution in [0.15, 0.2) is 30.3 Å². The van der Waals surface area contributed by atoms with E-state index in [0.29, 0.717) is 11.4 Å². The summed E-state index contributed by atoms with van der Waals surface area (Å²) in [7, 11) is 1.69. The van der Waals surface area contributed by atoms with Crippen LogP contribution in [0, 0.1) is 0 Å². The summed E-state index contributed by atoms with van der Waals surface area (Å²) in [6.07, 6.45) is 1.94. The van der Waals surface area contributed by atoms with E-state index in [-0.39, 0.29) is 18.1 Å². The molecule has 0 atom stereocenters. The van der Waals surface area contributed by atoms with Crippen molar-refractivity contribution >= 4 is 22.5 Å². The number of nitrogens with zero attached hydrogens (tertiary/aromatic N) is 1. The van der Waals surface area contributed by atoms with Gasteiger partial charge in [-0.05, 0) is 25.0 Å². The largest absolute Gasteiger partial charge is 0.381 e. The van der Waals surface area contributed by atoms with E-state index in [1.54, 1.807) is 13.2 Å². The van der Waals surface area contributed by atoms with Crippen LogP contribution in [0.25, 0.3) is 10.9 Å². The number of amides is 1. The highest BCUT2D eigenvalue weighted by Gasteiger charge is 2.30. The molecule has 3 rings (SSSR count). The summed E-state index contributed by atoms with van der Waals surface area (Å²) in [4.78, 5) is 16.7. The minimum atomic E-state index is -0.184. The van der Waals surface area contributed by atoms with Gasteiger partial charge in [-0.3, -0.25) is 10.6 Å². The van der Waals surface area contributed by atoms with Gasteiger partial charge in [0.05, 0.1) is 17.3 Å². The number of nitrogens with two attached hydrogens (primary N) is 1. The Morgan fingerprint density at radius 2 is 2.14 bits per heavy atom. The molecule has 0 spiro atoms. The molecule has 110 valence electrons. The van der Waals surface area contributed by atoms with Gasteiger partial charge >= 0.3 is 0 Å². The van der Waals surface area contributed by atoms with Crippen molar-refractivity contribution in [2.75, 3.05) is 12.5 Å². The number of anilines is 1. The van der Waals surface area contributed by atoms with E-state index in [0.717, 1.165) is 23.7 Å². The van der Waals surface area contributed by atoms with E-state index in [2.05, 4.69) is 15.7 Å². The molecule has 6 heteroatoms. The van der Waals surface area contributed by atoms with Crippen LogP contribution in [0.4, 0.5) is 5.69 Å². The van der Waals surface area contributed by atoms with E-state index in [1.807, 2.05) is 24.3 Å². The molecule has 1 aromatic heterocycles. The average molecular weight is 286 g/mol. The molecule has 0 unspecified atom stereocenters. The third-order valence-electron chi connectivity index (χ3n) is 3.87. The number of pyridine rings is 1. The van der Waals surface area contributed by atoms with Crippen LogP contribution in [0.3, 0.4) is 0 Å². The molecule has 0 saturated heterocycles. The fourth-order valence-corrected chi connectivity index (χ4v) is 2.55. The lowest BCUT2D eigenvalue weighted by Gasteiger charge is -2.34. The van der Waals surface area contributed by atoms with Crippen molar-refractivity contribution in [2.24, 2.45) is 5.84 Å². The number of methoxy groups -OCH3 is 1. The lowest BCUT2D eigenvalue weighted by Crippen LogP contribution is -2.47. The molecule has 4 N–H and O–H groups in total. The van der Waals surface area contributed by atoms with Gasteiger partial charge in [-0.15, -0.1) is 0 Å². The molecule has 0 radical (unpaired) electrons. The highest BCUT2D eigenvalue weighted by atomic mass is 16.5. The summed E-state index contributed by atoms with van der Waals surface area (Å²) < 4.78 is 5.20. The number of para-hydroxylation sites is 1. The molecule has 1 aliphatic rings. The lowest BCUT2D eigenvalue weighted by molar-refractivity contribution is 0.0175. The first-order valence-corrected chi connectivity index (χ1v) is 6.91. The Morgan fingerprint density at radius 1 is 1.38 bits per heavy atom. The van der Waals surface area contributed by atoms with Gasteiger partial charge < -0.3 is 15.5 Å². The van der Waals surface area contributed by atoms with Gasteiger partial charge in [-0.25, -0.2) is 4.98 Å². The van der Waals surface area contributed by atoms with Crippen molar-refractivity contribution in [1.29, 1.82) is 0 Å². The Morgan fingerprint density at radius 3 is 2.86 bits per heavy atom. The van der Waals surface area contributed by atoms with Gasteiger partial charge in [-0.1, -0.05) is 18.2 Å². The zero-order chi connectivity index (χ0) is 14.8. The summed E-state index contributed by atoms with van der Waals surface area (Å²) in [5, 5.41) is 3.85. The average Bonchev–Trinajstić information content (AvgIpc) is 2.48. The number of rotatable bonds is 4. The highest BCUT2D eigenvalue weighted by molar-refractivity contribution is 5.99. The Labute approximate surface area is 122 Å². The maximum atomic E-state index is 12.3. The van der Waals surface area contributed by atoms with E-state index in [1.165, 1.54) is 0 Å². The maximum absolute atomic E-state index is 12.3. The van der Waals surface area contributed by atoms with Gasteiger partial charge in [0, 0.05) is 18.5 Å². The molecule has 1 aliphatic carbocycles. The number of carbonyl (C=O) groups excluding carboxylic acids is 1. The molecule has 1 heterocycles. The Hall–Kier alpha value is -2.18. The van der Waals surface area contributed by atoms with Crippen LogP contribution >= 0.6 is 0 Å². The van der Waals surface area contributed by atoms with Crippen LogP contribution in [-0.4, -0.2) is 30.1 Å². The number of nitrogens with one attached hydrogen (secondary N) is 2. The number of hydrogen-bond donors (Lipinski definition) is 3. The van der Waals surface area contributed by atoms with Crippen LogP contribution < -0.4 is 16.6 Å². The number of ether oxygens (including phenoxy) is 1. The van der Waals surface area contributed by atoms with E-state index < -0.39 is 0 Å².